The van der Waals surface area contributed by atoms with Crippen LogP contribution in [0.1, 0.15) is 24.7 Å². The summed E-state index contributed by atoms with van der Waals surface area (Å²) >= 11 is 0. The molecule has 4 nitrogen and oxygen atoms in total. The van der Waals surface area contributed by atoms with E-state index in [4.69, 9.17) is 9.52 Å². The van der Waals surface area contributed by atoms with Crippen LogP contribution in [-0.4, -0.2) is 11.0 Å². The van der Waals surface area contributed by atoms with Crippen molar-refractivity contribution < 1.29 is 14.3 Å². The molecular weight excluding hydrogens is 242 g/mol. The topological polar surface area (TPSA) is 62.5 Å². The van der Waals surface area contributed by atoms with Crippen LogP contribution in [0.4, 0.5) is 5.69 Å². The van der Waals surface area contributed by atoms with Gasteiger partial charge in [0.25, 0.3) is 0 Å². The molecule has 1 aromatic carbocycles. The van der Waals surface area contributed by atoms with Crippen LogP contribution in [0.3, 0.4) is 0 Å². The molecule has 2 N–H and O–H groups in total. The minimum absolute atomic E-state index is 0.00675. The molecule has 0 saturated heterocycles. The maximum absolute atomic E-state index is 11.3. The molecule has 0 aliphatic heterocycles. The van der Waals surface area contributed by atoms with Crippen LogP contribution in [-0.2, 0) is 11.4 Å². The molecule has 0 unspecified atom stereocenters. The van der Waals surface area contributed by atoms with E-state index in [0.717, 1.165) is 22.6 Å². The molecule has 1 aromatic heterocycles. The molecule has 1 amide bonds. The Morgan fingerprint density at radius 3 is 2.68 bits per heavy atom. The Kier molecular flexibility index (Phi) is 4.02. The van der Waals surface area contributed by atoms with Gasteiger partial charge in [-0.25, -0.2) is 0 Å². The lowest BCUT2D eigenvalue weighted by atomic mass is 10.1. The van der Waals surface area contributed by atoms with Gasteiger partial charge >= 0.3 is 0 Å². The lowest BCUT2D eigenvalue weighted by Gasteiger charge is -2.07. The highest BCUT2D eigenvalue weighted by Gasteiger charge is 2.08. The van der Waals surface area contributed by atoms with Crippen LogP contribution in [0.2, 0.25) is 0 Å². The highest BCUT2D eigenvalue weighted by molar-refractivity contribution is 5.90. The zero-order valence-electron chi connectivity index (χ0n) is 11.1. The molecule has 0 atom stereocenters. The number of nitrogens with one attached hydrogen (secondary N) is 1. The summed E-state index contributed by atoms with van der Waals surface area (Å²) in [5.41, 5.74) is 2.74. The van der Waals surface area contributed by atoms with E-state index in [-0.39, 0.29) is 12.5 Å². The van der Waals surface area contributed by atoms with Crippen LogP contribution < -0.4 is 5.32 Å². The van der Waals surface area contributed by atoms with Gasteiger partial charge in [-0.3, -0.25) is 4.79 Å². The van der Waals surface area contributed by atoms with Crippen molar-refractivity contribution in [2.45, 2.75) is 26.9 Å². The van der Waals surface area contributed by atoms with Crippen molar-refractivity contribution in [1.29, 1.82) is 0 Å². The molecule has 0 radical (unpaired) electrons. The molecule has 4 heteroatoms. The molecule has 1 heterocycles. The number of anilines is 1. The van der Waals surface area contributed by atoms with Crippen molar-refractivity contribution >= 4 is 11.6 Å². The first-order chi connectivity index (χ1) is 9.13. The van der Waals surface area contributed by atoms with E-state index >= 15 is 0 Å². The van der Waals surface area contributed by atoms with Crippen LogP contribution in [0.5, 0.6) is 0 Å². The van der Waals surface area contributed by atoms with E-state index in [0.29, 0.717) is 12.2 Å². The number of carbonyl (C=O) groups excluding carboxylic acids is 1. The first-order valence-electron chi connectivity index (χ1n) is 6.24. The lowest BCUT2D eigenvalue weighted by molar-refractivity contribution is -0.115. The SMILES string of the molecule is CCC(=O)Nc1ccc(-c2ccc(CO)o2)c(C)c1. The Hall–Kier alpha value is -2.07. The molecule has 0 saturated carbocycles. The maximum Gasteiger partial charge on any atom is 0.224 e. The summed E-state index contributed by atoms with van der Waals surface area (Å²) in [5, 5.41) is 11.8. The predicted molar refractivity (Wildman–Crippen MR) is 73.7 cm³/mol. The van der Waals surface area contributed by atoms with Crippen molar-refractivity contribution in [1.82, 2.24) is 0 Å². The minimum atomic E-state index is -0.107. The summed E-state index contributed by atoms with van der Waals surface area (Å²) in [6.45, 7) is 3.66. The van der Waals surface area contributed by atoms with Crippen molar-refractivity contribution in [2.24, 2.45) is 0 Å². The fraction of sp³-hybridized carbons (Fsp3) is 0.267. The number of furan rings is 1. The van der Waals surface area contributed by atoms with Crippen LogP contribution in [0.15, 0.2) is 34.7 Å². The number of aliphatic hydroxyl groups is 1. The molecular formula is C15H17NO3. The second-order valence-corrected chi connectivity index (χ2v) is 4.36. The lowest BCUT2D eigenvalue weighted by Crippen LogP contribution is -2.09. The Morgan fingerprint density at radius 1 is 1.32 bits per heavy atom. The molecule has 0 aliphatic rings. The minimum Gasteiger partial charge on any atom is -0.459 e. The molecule has 100 valence electrons. The average Bonchev–Trinajstić information content (AvgIpc) is 2.87. The first kappa shape index (κ1) is 13.4. The predicted octanol–water partition coefficient (Wildman–Crippen LogP) is 3.10. The van der Waals surface area contributed by atoms with Gasteiger partial charge in [-0.15, -0.1) is 0 Å². The molecule has 19 heavy (non-hydrogen) atoms. The standard InChI is InChI=1S/C15H17NO3/c1-3-15(18)16-11-4-6-13(10(2)8-11)14-7-5-12(9-17)19-14/h4-8,17H,3,9H2,1-2H3,(H,16,18). The molecule has 2 rings (SSSR count). The van der Waals surface area contributed by atoms with Crippen LogP contribution >= 0.6 is 0 Å². The van der Waals surface area contributed by atoms with Gasteiger partial charge in [-0.05, 0) is 42.8 Å². The van der Waals surface area contributed by atoms with Gasteiger partial charge in [0.2, 0.25) is 5.91 Å². The zero-order valence-corrected chi connectivity index (χ0v) is 11.1. The van der Waals surface area contributed by atoms with E-state index in [9.17, 15) is 4.79 Å². The average molecular weight is 259 g/mol. The fourth-order valence-electron chi connectivity index (χ4n) is 1.87. The molecule has 0 aliphatic carbocycles. The van der Waals surface area contributed by atoms with Gasteiger partial charge in [0.05, 0.1) is 0 Å². The second kappa shape index (κ2) is 5.71. The summed E-state index contributed by atoms with van der Waals surface area (Å²) in [7, 11) is 0. The second-order valence-electron chi connectivity index (χ2n) is 4.36. The number of aryl methyl sites for hydroxylation is 1. The Labute approximate surface area is 112 Å². The quantitative estimate of drug-likeness (QED) is 0.886. The Balaban J connectivity index is 2.26. The van der Waals surface area contributed by atoms with E-state index in [1.165, 1.54) is 0 Å². The highest BCUT2D eigenvalue weighted by Crippen LogP contribution is 2.27. The van der Waals surface area contributed by atoms with Gasteiger partial charge in [0.1, 0.15) is 18.1 Å². The number of amides is 1. The van der Waals surface area contributed by atoms with Crippen LogP contribution in [0, 0.1) is 6.92 Å². The first-order valence-corrected chi connectivity index (χ1v) is 6.24. The highest BCUT2D eigenvalue weighted by atomic mass is 16.4. The fourth-order valence-corrected chi connectivity index (χ4v) is 1.87. The number of aliphatic hydroxyl groups excluding tert-OH is 1. The summed E-state index contributed by atoms with van der Waals surface area (Å²) in [4.78, 5) is 11.3. The molecule has 0 spiro atoms. The molecule has 0 fully saturated rings. The van der Waals surface area contributed by atoms with E-state index in [1.54, 1.807) is 6.07 Å². The Morgan fingerprint density at radius 2 is 2.11 bits per heavy atom. The van der Waals surface area contributed by atoms with E-state index < -0.39 is 0 Å². The summed E-state index contributed by atoms with van der Waals surface area (Å²) in [6.07, 6.45) is 0.457. The molecule has 2 aromatic rings. The van der Waals surface area contributed by atoms with Gasteiger partial charge in [0, 0.05) is 17.7 Å². The largest absolute Gasteiger partial charge is 0.459 e. The van der Waals surface area contributed by atoms with E-state index in [2.05, 4.69) is 5.32 Å². The zero-order chi connectivity index (χ0) is 13.8. The summed E-state index contributed by atoms with van der Waals surface area (Å²) in [6, 6.07) is 9.24. The maximum atomic E-state index is 11.3. The monoisotopic (exact) mass is 259 g/mol. The number of hydrogen-bond acceptors (Lipinski definition) is 3. The number of rotatable bonds is 4. The van der Waals surface area contributed by atoms with E-state index in [1.807, 2.05) is 38.1 Å². The van der Waals surface area contributed by atoms with Gasteiger partial charge in [-0.1, -0.05) is 6.92 Å². The third kappa shape index (κ3) is 3.03. The van der Waals surface area contributed by atoms with Gasteiger partial charge in [-0.2, -0.15) is 0 Å². The van der Waals surface area contributed by atoms with Crippen molar-refractivity contribution in [3.8, 4) is 11.3 Å². The third-order valence-electron chi connectivity index (χ3n) is 2.91. The summed E-state index contributed by atoms with van der Waals surface area (Å²) in [5.74, 6) is 1.25. The number of carbonyl (C=O) groups is 1. The normalized spacial score (nSPS) is 10.5. The van der Waals surface area contributed by atoms with Crippen LogP contribution in [0.25, 0.3) is 11.3 Å². The summed E-state index contributed by atoms with van der Waals surface area (Å²) < 4.78 is 5.50. The van der Waals surface area contributed by atoms with Crippen molar-refractivity contribution in [3.05, 3.63) is 41.7 Å². The number of benzene rings is 1. The van der Waals surface area contributed by atoms with Crippen molar-refractivity contribution in [2.75, 3.05) is 5.32 Å². The van der Waals surface area contributed by atoms with Gasteiger partial charge in [0.15, 0.2) is 0 Å². The Bertz CT molecular complexity index is 587. The third-order valence-corrected chi connectivity index (χ3v) is 2.91. The van der Waals surface area contributed by atoms with Gasteiger partial charge < -0.3 is 14.8 Å². The van der Waals surface area contributed by atoms with Crippen molar-refractivity contribution in [3.63, 3.8) is 0 Å². The molecule has 0 bridgehead atoms. The number of hydrogen-bond donors (Lipinski definition) is 2. The smallest absolute Gasteiger partial charge is 0.224 e.